The highest BCUT2D eigenvalue weighted by Crippen LogP contribution is 2.28. The van der Waals surface area contributed by atoms with Gasteiger partial charge in [0.15, 0.2) is 0 Å². The number of aryl methyl sites for hydroxylation is 1. The molecule has 0 atom stereocenters. The van der Waals surface area contributed by atoms with Gasteiger partial charge in [-0.2, -0.15) is 4.31 Å². The number of piperazine rings is 1. The summed E-state index contributed by atoms with van der Waals surface area (Å²) in [5.74, 6) is 2.09. The summed E-state index contributed by atoms with van der Waals surface area (Å²) < 4.78 is 32.2. The largest absolute Gasteiger partial charge is 0.378 e. The van der Waals surface area contributed by atoms with E-state index in [4.69, 9.17) is 14.7 Å². The van der Waals surface area contributed by atoms with Crippen molar-refractivity contribution < 1.29 is 13.2 Å². The second kappa shape index (κ2) is 10.7. The highest BCUT2D eigenvalue weighted by molar-refractivity contribution is 7.89. The van der Waals surface area contributed by atoms with E-state index < -0.39 is 10.0 Å². The number of rotatable bonds is 9. The second-order valence-corrected chi connectivity index (χ2v) is 10.9. The number of anilines is 1. The predicted octanol–water partition coefficient (Wildman–Crippen LogP) is 3.51. The molecule has 176 valence electrons. The average molecular weight is 461 g/mol. The Hall–Kier alpha value is -2.03. The number of benzene rings is 1. The molecule has 1 fully saturated rings. The molecule has 1 aromatic carbocycles. The minimum absolute atomic E-state index is 0.184. The van der Waals surface area contributed by atoms with Crippen molar-refractivity contribution in [2.45, 2.75) is 53.1 Å². The van der Waals surface area contributed by atoms with Crippen LogP contribution in [0.15, 0.2) is 24.3 Å². The third-order valence-corrected chi connectivity index (χ3v) is 7.82. The molecule has 0 amide bonds. The van der Waals surface area contributed by atoms with E-state index in [1.807, 2.05) is 6.92 Å². The lowest BCUT2D eigenvalue weighted by Gasteiger charge is -2.36. The zero-order chi connectivity index (χ0) is 23.3. The Balaban J connectivity index is 1.97. The van der Waals surface area contributed by atoms with Crippen molar-refractivity contribution in [3.05, 3.63) is 52.5 Å². The number of ether oxygens (including phenoxy) is 1. The number of nitrogens with zero attached hydrogens (tertiary/aromatic N) is 4. The molecule has 0 N–H and O–H groups in total. The number of hydrogen-bond donors (Lipinski definition) is 0. The van der Waals surface area contributed by atoms with Gasteiger partial charge in [-0.3, -0.25) is 0 Å². The van der Waals surface area contributed by atoms with Crippen LogP contribution in [0.1, 0.15) is 61.3 Å². The molecule has 0 saturated carbocycles. The molecule has 0 radical (unpaired) electrons. The summed E-state index contributed by atoms with van der Waals surface area (Å²) in [6.45, 7) is 10.8. The summed E-state index contributed by atoms with van der Waals surface area (Å²) in [4.78, 5) is 12.0. The molecule has 1 saturated heterocycles. The molecule has 3 rings (SSSR count). The molecule has 2 aromatic rings. The van der Waals surface area contributed by atoms with Gasteiger partial charge in [-0.25, -0.2) is 18.4 Å². The lowest BCUT2D eigenvalue weighted by molar-refractivity contribution is 0.180. The van der Waals surface area contributed by atoms with E-state index in [2.05, 4.69) is 49.9 Å². The van der Waals surface area contributed by atoms with Crippen LogP contribution >= 0.6 is 0 Å². The van der Waals surface area contributed by atoms with E-state index >= 15 is 0 Å². The molecule has 0 spiro atoms. The van der Waals surface area contributed by atoms with Crippen LogP contribution in [-0.4, -0.2) is 61.7 Å². The zero-order valence-electron chi connectivity index (χ0n) is 20.0. The van der Waals surface area contributed by atoms with Crippen molar-refractivity contribution in [1.82, 2.24) is 14.3 Å². The molecular weight excluding hydrogens is 424 g/mol. The number of aromatic nitrogens is 2. The smallest absolute Gasteiger partial charge is 0.214 e. The third kappa shape index (κ3) is 5.85. The van der Waals surface area contributed by atoms with Crippen LogP contribution < -0.4 is 4.90 Å². The molecule has 1 aliphatic heterocycles. The fraction of sp³-hybridized carbons (Fsp3) is 0.583. The fourth-order valence-electron chi connectivity index (χ4n) is 4.08. The van der Waals surface area contributed by atoms with Gasteiger partial charge >= 0.3 is 0 Å². The zero-order valence-corrected chi connectivity index (χ0v) is 20.8. The topological polar surface area (TPSA) is 75.6 Å². The first-order valence-corrected chi connectivity index (χ1v) is 13.0. The van der Waals surface area contributed by atoms with Crippen LogP contribution in [0.3, 0.4) is 0 Å². The Morgan fingerprint density at radius 1 is 1.12 bits per heavy atom. The van der Waals surface area contributed by atoms with Gasteiger partial charge in [0.25, 0.3) is 0 Å². The summed E-state index contributed by atoms with van der Waals surface area (Å²) in [5.41, 5.74) is 4.39. The first-order valence-electron chi connectivity index (χ1n) is 11.4. The van der Waals surface area contributed by atoms with Crippen LogP contribution in [-0.2, 0) is 27.8 Å². The Morgan fingerprint density at radius 3 is 2.44 bits per heavy atom. The number of sulfonamides is 1. The summed E-state index contributed by atoms with van der Waals surface area (Å²) in [7, 11) is -1.50. The van der Waals surface area contributed by atoms with Gasteiger partial charge in [0, 0.05) is 51.2 Å². The maximum atomic E-state index is 12.5. The third-order valence-electron chi connectivity index (χ3n) is 5.74. The highest BCUT2D eigenvalue weighted by atomic mass is 32.2. The van der Waals surface area contributed by atoms with Gasteiger partial charge in [-0.15, -0.1) is 0 Å². The van der Waals surface area contributed by atoms with E-state index in [-0.39, 0.29) is 11.7 Å². The average Bonchev–Trinajstić information content (AvgIpc) is 2.75. The van der Waals surface area contributed by atoms with Crippen molar-refractivity contribution in [1.29, 1.82) is 0 Å². The van der Waals surface area contributed by atoms with Gasteiger partial charge in [0.2, 0.25) is 10.0 Å². The van der Waals surface area contributed by atoms with E-state index in [0.717, 1.165) is 22.9 Å². The van der Waals surface area contributed by atoms with Gasteiger partial charge in [-0.1, -0.05) is 50.6 Å². The summed E-state index contributed by atoms with van der Waals surface area (Å²) in [6, 6.07) is 8.47. The molecule has 0 bridgehead atoms. The van der Waals surface area contributed by atoms with Crippen LogP contribution in [0.25, 0.3) is 0 Å². The SMILES string of the molecule is CCCS(=O)(=O)N1CCN(c2nc(C(C)C)nc(COC)c2Cc2cccc(C)c2)CC1. The standard InChI is InChI=1S/C24H36N4O3S/c1-6-14-32(29,30)28-12-10-27(11-13-28)24-21(16-20-9-7-8-19(4)15-20)22(17-31-5)25-23(26-24)18(2)3/h7-9,15,18H,6,10-14,16-17H2,1-5H3. The molecule has 1 aromatic heterocycles. The van der Waals surface area contributed by atoms with Gasteiger partial charge in [0.1, 0.15) is 11.6 Å². The minimum Gasteiger partial charge on any atom is -0.378 e. The molecular formula is C24H36N4O3S. The van der Waals surface area contributed by atoms with Crippen LogP contribution in [0.4, 0.5) is 5.82 Å². The maximum absolute atomic E-state index is 12.5. The lowest BCUT2D eigenvalue weighted by atomic mass is 10.0. The van der Waals surface area contributed by atoms with E-state index in [0.29, 0.717) is 45.6 Å². The van der Waals surface area contributed by atoms with E-state index in [1.165, 1.54) is 11.1 Å². The summed E-state index contributed by atoms with van der Waals surface area (Å²) >= 11 is 0. The fourth-order valence-corrected chi connectivity index (χ4v) is 5.58. The molecule has 0 unspecified atom stereocenters. The van der Waals surface area contributed by atoms with Crippen LogP contribution in [0.2, 0.25) is 0 Å². The second-order valence-electron chi connectivity index (χ2n) is 8.79. The predicted molar refractivity (Wildman–Crippen MR) is 129 cm³/mol. The Morgan fingerprint density at radius 2 is 1.84 bits per heavy atom. The maximum Gasteiger partial charge on any atom is 0.214 e. The van der Waals surface area contributed by atoms with Crippen LogP contribution in [0.5, 0.6) is 0 Å². The monoisotopic (exact) mass is 460 g/mol. The minimum atomic E-state index is -3.19. The van der Waals surface area contributed by atoms with E-state index in [9.17, 15) is 8.42 Å². The first kappa shape index (κ1) is 24.6. The normalized spacial score (nSPS) is 15.5. The Bertz CT molecular complexity index is 1020. The quantitative estimate of drug-likeness (QED) is 0.570. The number of hydrogen-bond acceptors (Lipinski definition) is 6. The van der Waals surface area contributed by atoms with E-state index in [1.54, 1.807) is 11.4 Å². The molecule has 2 heterocycles. The van der Waals surface area contributed by atoms with Gasteiger partial charge in [-0.05, 0) is 18.9 Å². The van der Waals surface area contributed by atoms with Crippen molar-refractivity contribution in [3.63, 3.8) is 0 Å². The molecule has 32 heavy (non-hydrogen) atoms. The Kier molecular flexibility index (Phi) is 8.25. The Labute approximate surface area is 192 Å². The van der Waals surface area contributed by atoms with Gasteiger partial charge < -0.3 is 9.64 Å². The summed E-state index contributed by atoms with van der Waals surface area (Å²) in [6.07, 6.45) is 1.34. The van der Waals surface area contributed by atoms with Crippen molar-refractivity contribution in [3.8, 4) is 0 Å². The summed E-state index contributed by atoms with van der Waals surface area (Å²) in [5, 5.41) is 0. The molecule has 8 heteroatoms. The molecule has 7 nitrogen and oxygen atoms in total. The molecule has 0 aliphatic carbocycles. The number of methoxy groups -OCH3 is 1. The lowest BCUT2D eigenvalue weighted by Crippen LogP contribution is -2.50. The van der Waals surface area contributed by atoms with Crippen molar-refractivity contribution in [2.75, 3.05) is 43.9 Å². The first-order chi connectivity index (χ1) is 15.2. The van der Waals surface area contributed by atoms with Crippen molar-refractivity contribution >= 4 is 15.8 Å². The highest BCUT2D eigenvalue weighted by Gasteiger charge is 2.29. The molecule has 1 aliphatic rings. The van der Waals surface area contributed by atoms with Gasteiger partial charge in [0.05, 0.1) is 18.1 Å². The van der Waals surface area contributed by atoms with Crippen molar-refractivity contribution in [2.24, 2.45) is 0 Å². The van der Waals surface area contributed by atoms with Crippen LogP contribution in [0, 0.1) is 6.92 Å².